The van der Waals surface area contributed by atoms with Crippen molar-refractivity contribution in [2.75, 3.05) is 0 Å². The molecule has 0 spiro atoms. The molecule has 1 heterocycles. The molecule has 236 valence electrons. The third-order valence-electron chi connectivity index (χ3n) is 7.27. The minimum absolute atomic E-state index is 0.0330. The lowest BCUT2D eigenvalue weighted by molar-refractivity contribution is -0.138. The Labute approximate surface area is 263 Å². The number of aromatic nitrogens is 1. The number of hydrogen-bond donors (Lipinski definition) is 2. The van der Waals surface area contributed by atoms with Gasteiger partial charge in [0.1, 0.15) is 28.7 Å². The van der Waals surface area contributed by atoms with E-state index in [1.54, 1.807) is 42.6 Å². The van der Waals surface area contributed by atoms with Crippen LogP contribution in [-0.4, -0.2) is 22.0 Å². The molecule has 0 fully saturated rings. The SMILES string of the molecule is CC(C)(C)c1ccc(Oc2ccc3cc(C(=O)NC(CC(=O)O)c4ccc(Oc5ccc(C(F)(F)F)cc5)cc4)ncc3c2)cc1. The summed E-state index contributed by atoms with van der Waals surface area (Å²) in [5, 5.41) is 13.7. The molecule has 0 radical (unpaired) electrons. The van der Waals surface area contributed by atoms with E-state index in [1.165, 1.54) is 17.7 Å². The van der Waals surface area contributed by atoms with Crippen LogP contribution >= 0.6 is 0 Å². The largest absolute Gasteiger partial charge is 0.481 e. The lowest BCUT2D eigenvalue weighted by Crippen LogP contribution is -2.30. The fourth-order valence-corrected chi connectivity index (χ4v) is 4.74. The van der Waals surface area contributed by atoms with E-state index in [1.807, 2.05) is 36.4 Å². The van der Waals surface area contributed by atoms with Gasteiger partial charge in [-0.1, -0.05) is 51.1 Å². The number of pyridine rings is 1. The number of halogens is 3. The van der Waals surface area contributed by atoms with E-state index in [4.69, 9.17) is 9.47 Å². The summed E-state index contributed by atoms with van der Waals surface area (Å²) in [7, 11) is 0. The van der Waals surface area contributed by atoms with E-state index >= 15 is 0 Å². The molecule has 1 unspecified atom stereocenters. The summed E-state index contributed by atoms with van der Waals surface area (Å²) in [4.78, 5) is 29.1. The quantitative estimate of drug-likeness (QED) is 0.169. The number of nitrogens with zero attached hydrogens (tertiary/aromatic N) is 1. The summed E-state index contributed by atoms with van der Waals surface area (Å²) in [6.45, 7) is 6.43. The number of carboxylic acids is 1. The van der Waals surface area contributed by atoms with E-state index < -0.39 is 36.1 Å². The molecule has 4 aromatic carbocycles. The topological polar surface area (TPSA) is 97.8 Å². The number of alkyl halides is 3. The fourth-order valence-electron chi connectivity index (χ4n) is 4.74. The predicted octanol–water partition coefficient (Wildman–Crippen LogP) is 9.08. The van der Waals surface area contributed by atoms with Gasteiger partial charge in [-0.3, -0.25) is 14.6 Å². The smallest absolute Gasteiger partial charge is 0.416 e. The lowest BCUT2D eigenvalue weighted by atomic mass is 9.87. The van der Waals surface area contributed by atoms with Gasteiger partial charge in [-0.05, 0) is 88.7 Å². The van der Waals surface area contributed by atoms with Crippen LogP contribution in [0.3, 0.4) is 0 Å². The number of rotatable bonds is 9. The Morgan fingerprint density at radius 2 is 1.26 bits per heavy atom. The number of carbonyl (C=O) groups is 2. The zero-order chi connectivity index (χ0) is 33.1. The minimum atomic E-state index is -4.45. The van der Waals surface area contributed by atoms with Gasteiger partial charge >= 0.3 is 12.1 Å². The number of fused-ring (bicyclic) bond motifs is 1. The first-order chi connectivity index (χ1) is 21.7. The maximum absolute atomic E-state index is 13.2. The Hall–Kier alpha value is -5.38. The molecule has 7 nitrogen and oxygen atoms in total. The van der Waals surface area contributed by atoms with Crippen molar-refractivity contribution in [1.82, 2.24) is 10.3 Å². The van der Waals surface area contributed by atoms with Crippen LogP contribution < -0.4 is 14.8 Å². The van der Waals surface area contributed by atoms with Gasteiger partial charge in [-0.25, -0.2) is 0 Å². The molecular weight excluding hydrogens is 597 g/mol. The molecular formula is C36H31F3N2O5. The second-order valence-corrected chi connectivity index (χ2v) is 11.8. The van der Waals surface area contributed by atoms with Crippen LogP contribution in [0.2, 0.25) is 0 Å². The van der Waals surface area contributed by atoms with Crippen LogP contribution in [-0.2, 0) is 16.4 Å². The first kappa shape index (κ1) is 32.0. The van der Waals surface area contributed by atoms with Gasteiger partial charge in [0.25, 0.3) is 5.91 Å². The molecule has 0 aliphatic rings. The third-order valence-corrected chi connectivity index (χ3v) is 7.27. The van der Waals surface area contributed by atoms with Crippen LogP contribution in [0.4, 0.5) is 13.2 Å². The number of amides is 1. The third kappa shape index (κ3) is 8.01. The number of benzene rings is 4. The number of ether oxygens (including phenoxy) is 2. The Bertz CT molecular complexity index is 1850. The van der Waals surface area contributed by atoms with Crippen molar-refractivity contribution in [3.8, 4) is 23.0 Å². The summed E-state index contributed by atoms with van der Waals surface area (Å²) >= 11 is 0. The molecule has 5 rings (SSSR count). The van der Waals surface area contributed by atoms with Crippen LogP contribution in [0.15, 0.2) is 103 Å². The first-order valence-electron chi connectivity index (χ1n) is 14.4. The Balaban J connectivity index is 1.26. The summed E-state index contributed by atoms with van der Waals surface area (Å²) in [6.07, 6.45) is -3.29. The van der Waals surface area contributed by atoms with Crippen LogP contribution in [0.5, 0.6) is 23.0 Å². The van der Waals surface area contributed by atoms with Gasteiger partial charge in [0.05, 0.1) is 18.0 Å². The fraction of sp³-hybridized carbons (Fsp3) is 0.194. The molecule has 1 amide bonds. The van der Waals surface area contributed by atoms with Crippen LogP contribution in [0.25, 0.3) is 10.8 Å². The summed E-state index contributed by atoms with van der Waals surface area (Å²) in [6, 6.07) is 24.6. The summed E-state index contributed by atoms with van der Waals surface area (Å²) in [5.41, 5.74) is 1.04. The van der Waals surface area contributed by atoms with E-state index in [0.29, 0.717) is 22.8 Å². The average molecular weight is 629 g/mol. The van der Waals surface area contributed by atoms with E-state index in [0.717, 1.165) is 22.9 Å². The van der Waals surface area contributed by atoms with Crippen molar-refractivity contribution in [2.45, 2.75) is 44.8 Å². The van der Waals surface area contributed by atoms with E-state index in [-0.39, 0.29) is 16.9 Å². The Morgan fingerprint density at radius 3 is 1.80 bits per heavy atom. The molecule has 0 aliphatic heterocycles. The Kier molecular flexibility index (Phi) is 9.00. The van der Waals surface area contributed by atoms with Gasteiger partial charge in [0.2, 0.25) is 0 Å². The maximum Gasteiger partial charge on any atom is 0.416 e. The normalized spacial score (nSPS) is 12.4. The summed E-state index contributed by atoms with van der Waals surface area (Å²) in [5.74, 6) is 0.152. The van der Waals surface area contributed by atoms with E-state index in [9.17, 15) is 27.9 Å². The lowest BCUT2D eigenvalue weighted by Gasteiger charge is -2.19. The van der Waals surface area contributed by atoms with Gasteiger partial charge in [0, 0.05) is 11.6 Å². The molecule has 5 aromatic rings. The molecule has 0 bridgehead atoms. The first-order valence-corrected chi connectivity index (χ1v) is 14.4. The van der Waals surface area contributed by atoms with Crippen molar-refractivity contribution in [3.05, 3.63) is 126 Å². The second kappa shape index (κ2) is 12.9. The molecule has 10 heteroatoms. The molecule has 1 atom stereocenters. The van der Waals surface area contributed by atoms with Crippen LogP contribution in [0.1, 0.15) is 60.4 Å². The number of nitrogens with one attached hydrogen (secondary N) is 1. The molecule has 46 heavy (non-hydrogen) atoms. The van der Waals surface area contributed by atoms with Gasteiger partial charge < -0.3 is 19.9 Å². The monoisotopic (exact) mass is 628 g/mol. The number of carbonyl (C=O) groups excluding carboxylic acids is 1. The van der Waals surface area contributed by atoms with Gasteiger partial charge in [0.15, 0.2) is 0 Å². The van der Waals surface area contributed by atoms with Crippen molar-refractivity contribution in [3.63, 3.8) is 0 Å². The highest BCUT2D eigenvalue weighted by Crippen LogP contribution is 2.32. The number of hydrogen-bond acceptors (Lipinski definition) is 5. The molecule has 2 N–H and O–H groups in total. The van der Waals surface area contributed by atoms with Gasteiger partial charge in [-0.2, -0.15) is 13.2 Å². The second-order valence-electron chi connectivity index (χ2n) is 11.8. The molecule has 1 aromatic heterocycles. The summed E-state index contributed by atoms with van der Waals surface area (Å²) < 4.78 is 50.1. The number of aliphatic carboxylic acids is 1. The molecule has 0 saturated carbocycles. The highest BCUT2D eigenvalue weighted by molar-refractivity contribution is 5.97. The predicted molar refractivity (Wildman–Crippen MR) is 167 cm³/mol. The van der Waals surface area contributed by atoms with Gasteiger partial charge in [-0.15, -0.1) is 0 Å². The maximum atomic E-state index is 13.2. The molecule has 0 aliphatic carbocycles. The standard InChI is InChI=1S/C36H31F3N2O5/c1-35(2,3)25-7-14-29(15-8-25)46-30-13-6-23-19-32(40-21-24(23)18-30)34(44)41-31(20-33(42)43)22-4-11-27(12-5-22)45-28-16-9-26(10-17-28)36(37,38)39/h4-19,21,31H,20H2,1-3H3,(H,41,44)(H,42,43). The average Bonchev–Trinajstić information content (AvgIpc) is 3.00. The van der Waals surface area contributed by atoms with Crippen molar-refractivity contribution >= 4 is 22.6 Å². The highest BCUT2D eigenvalue weighted by atomic mass is 19.4. The van der Waals surface area contributed by atoms with E-state index in [2.05, 4.69) is 31.1 Å². The van der Waals surface area contributed by atoms with Crippen molar-refractivity contribution < 1.29 is 37.3 Å². The highest BCUT2D eigenvalue weighted by Gasteiger charge is 2.30. The zero-order valence-electron chi connectivity index (χ0n) is 25.3. The molecule has 0 saturated heterocycles. The van der Waals surface area contributed by atoms with Crippen molar-refractivity contribution in [2.24, 2.45) is 0 Å². The Morgan fingerprint density at radius 1 is 0.739 bits per heavy atom. The van der Waals surface area contributed by atoms with Crippen LogP contribution in [0, 0.1) is 0 Å². The zero-order valence-corrected chi connectivity index (χ0v) is 25.3. The minimum Gasteiger partial charge on any atom is -0.481 e. The number of carboxylic acid groups (broad SMARTS) is 1. The van der Waals surface area contributed by atoms with Crippen molar-refractivity contribution in [1.29, 1.82) is 0 Å².